The minimum atomic E-state index is 0. The van der Waals surface area contributed by atoms with Crippen LogP contribution in [0.3, 0.4) is 0 Å². The van der Waals surface area contributed by atoms with Crippen molar-refractivity contribution in [2.75, 3.05) is 0 Å². The molecule has 0 spiro atoms. The molecule has 0 aromatic rings. The number of nitrogens with zero attached hydrogens (tertiary/aromatic N) is 5. The fraction of sp³-hybridized carbons (Fsp3) is 0. The van der Waals surface area contributed by atoms with E-state index in [2.05, 4.69) is 0 Å². The zero-order chi connectivity index (χ0) is 10.0. The summed E-state index contributed by atoms with van der Waals surface area (Å²) in [7, 11) is 0. The molecule has 0 rings (SSSR count). The SMILES string of the molecule is [C-]#N.[C-]#N.[C-]#N.[C-]#N.[C-]#N.[Cd+2].[Cr+3]. The Morgan fingerprint density at radius 3 is 0.417 bits per heavy atom. The second-order valence-electron chi connectivity index (χ2n) is 0. The van der Waals surface area contributed by atoms with E-state index in [1.165, 1.54) is 0 Å². The Morgan fingerprint density at radius 2 is 0.417 bits per heavy atom. The van der Waals surface area contributed by atoms with Crippen molar-refractivity contribution in [1.82, 2.24) is 0 Å². The van der Waals surface area contributed by atoms with Crippen LogP contribution in [-0.4, -0.2) is 0 Å². The molecule has 0 unspecified atom stereocenters. The molecule has 0 saturated heterocycles. The third-order valence-electron chi connectivity index (χ3n) is 0. The van der Waals surface area contributed by atoms with Gasteiger partial charge in [-0.2, -0.15) is 0 Å². The van der Waals surface area contributed by atoms with E-state index >= 15 is 0 Å². The first-order valence-electron chi connectivity index (χ1n) is 1.12. The maximum absolute atomic E-state index is 6.25. The molecular formula is C5CdCrN5. The van der Waals surface area contributed by atoms with Gasteiger partial charge in [-0.1, -0.05) is 0 Å². The molecule has 0 aliphatic heterocycles. The van der Waals surface area contributed by atoms with Crippen LogP contribution in [0.1, 0.15) is 0 Å². The molecule has 0 saturated carbocycles. The van der Waals surface area contributed by atoms with E-state index in [4.69, 9.17) is 59.2 Å². The minimum absolute atomic E-state index is 0. The Bertz CT molecular complexity index is 78.4. The van der Waals surface area contributed by atoms with Crippen LogP contribution in [0, 0.1) is 59.2 Å². The van der Waals surface area contributed by atoms with Gasteiger partial charge in [0.2, 0.25) is 0 Å². The second-order valence-corrected chi connectivity index (χ2v) is 0. The molecule has 0 bridgehead atoms. The van der Waals surface area contributed by atoms with Gasteiger partial charge >= 0.3 is 44.7 Å². The monoisotopic (exact) mass is 296 g/mol. The second kappa shape index (κ2) is 654. The summed E-state index contributed by atoms with van der Waals surface area (Å²) >= 11 is 0. The first kappa shape index (κ1) is 70.2. The molecule has 0 fully saturated rings. The van der Waals surface area contributed by atoms with Crippen molar-refractivity contribution >= 4 is 0 Å². The molecule has 0 N–H and O–H groups in total. The summed E-state index contributed by atoms with van der Waals surface area (Å²) < 4.78 is 0. The Hall–Kier alpha value is -1.10. The predicted molar refractivity (Wildman–Crippen MR) is 24.8 cm³/mol. The normalized spacial score (nSPS) is 0.833. The van der Waals surface area contributed by atoms with Crippen LogP contribution in [0.2, 0.25) is 0 Å². The summed E-state index contributed by atoms with van der Waals surface area (Å²) in [6, 6.07) is 0. The summed E-state index contributed by atoms with van der Waals surface area (Å²) in [5, 5.41) is 31.2. The maximum atomic E-state index is 6.25. The maximum Gasteiger partial charge on any atom is 3.00 e. The first-order chi connectivity index (χ1) is 5.00. The molecule has 0 atom stereocenters. The molecule has 0 amide bonds. The standard InChI is InChI=1S/5CN.Cd.Cr/c5*1-2;;/q5*-1;+2;+3. The van der Waals surface area contributed by atoms with Crippen molar-refractivity contribution in [3.05, 3.63) is 32.9 Å². The molecule has 5 nitrogen and oxygen atoms in total. The van der Waals surface area contributed by atoms with Crippen LogP contribution in [0.5, 0.6) is 0 Å². The Balaban J connectivity index is -0.00000000500. The zero-order valence-electron chi connectivity index (χ0n) is 5.85. The molecule has 0 aliphatic rings. The van der Waals surface area contributed by atoms with Gasteiger partial charge in [0.25, 0.3) is 0 Å². The third-order valence-corrected chi connectivity index (χ3v) is 0. The summed E-state index contributed by atoms with van der Waals surface area (Å²) in [6.45, 7) is 23.8. The van der Waals surface area contributed by atoms with Gasteiger partial charge in [0.15, 0.2) is 0 Å². The van der Waals surface area contributed by atoms with Crippen LogP contribution in [0.15, 0.2) is 0 Å². The van der Waals surface area contributed by atoms with E-state index in [-0.39, 0.29) is 44.7 Å². The van der Waals surface area contributed by atoms with Gasteiger partial charge in [-0.15, -0.1) is 0 Å². The van der Waals surface area contributed by atoms with E-state index in [1.807, 2.05) is 0 Å². The largest absolute Gasteiger partial charge is 3.00 e. The summed E-state index contributed by atoms with van der Waals surface area (Å²) in [6.07, 6.45) is 0. The molecule has 12 heavy (non-hydrogen) atoms. The average molecular weight is 294 g/mol. The van der Waals surface area contributed by atoms with Crippen molar-refractivity contribution in [3.8, 4) is 0 Å². The smallest absolute Gasteiger partial charge is 0.512 e. The first-order valence-corrected chi connectivity index (χ1v) is 1.12. The molecule has 0 heterocycles. The van der Waals surface area contributed by atoms with Crippen LogP contribution in [0.4, 0.5) is 0 Å². The van der Waals surface area contributed by atoms with E-state index < -0.39 is 0 Å². The Morgan fingerprint density at radius 1 is 0.417 bits per heavy atom. The van der Waals surface area contributed by atoms with Crippen LogP contribution < -0.4 is 0 Å². The Kier molecular flexibility index (Phi) is 3830. The molecule has 7 heteroatoms. The average Bonchev–Trinajstić information content (AvgIpc) is 2.20. The van der Waals surface area contributed by atoms with Gasteiger partial charge in [-0.25, -0.2) is 0 Å². The van der Waals surface area contributed by atoms with Crippen LogP contribution >= 0.6 is 0 Å². The van der Waals surface area contributed by atoms with Crippen molar-refractivity contribution in [3.63, 3.8) is 0 Å². The van der Waals surface area contributed by atoms with Gasteiger partial charge in [0, 0.05) is 0 Å². The topological polar surface area (TPSA) is 119 Å². The van der Waals surface area contributed by atoms with Gasteiger partial charge < -0.3 is 59.2 Å². The Labute approximate surface area is 103 Å². The van der Waals surface area contributed by atoms with E-state index in [9.17, 15) is 0 Å². The van der Waals surface area contributed by atoms with E-state index in [1.54, 1.807) is 0 Å². The molecule has 53 valence electrons. The molecule has 0 aliphatic carbocycles. The zero-order valence-corrected chi connectivity index (χ0v) is 11.2. The number of hydrogen-bond acceptors (Lipinski definition) is 5. The van der Waals surface area contributed by atoms with Crippen LogP contribution in [-0.2, 0) is 44.7 Å². The fourth-order valence-electron chi connectivity index (χ4n) is 0. The summed E-state index contributed by atoms with van der Waals surface area (Å²) in [4.78, 5) is 0. The minimum Gasteiger partial charge on any atom is -0.512 e. The summed E-state index contributed by atoms with van der Waals surface area (Å²) in [5.41, 5.74) is 0. The van der Waals surface area contributed by atoms with Gasteiger partial charge in [-0.05, 0) is 0 Å². The van der Waals surface area contributed by atoms with Gasteiger partial charge in [-0.3, -0.25) is 0 Å². The molecule has 1 radical (unpaired) electrons. The fourth-order valence-corrected chi connectivity index (χ4v) is 0. The summed E-state index contributed by atoms with van der Waals surface area (Å²) in [5.74, 6) is 0. The van der Waals surface area contributed by atoms with Crippen LogP contribution in [0.25, 0.3) is 0 Å². The quantitative estimate of drug-likeness (QED) is 0.475. The molecular weight excluding hydrogens is 294 g/mol. The van der Waals surface area contributed by atoms with Crippen molar-refractivity contribution < 1.29 is 44.7 Å². The third kappa shape index (κ3) is 464. The van der Waals surface area contributed by atoms with E-state index in [0.29, 0.717) is 0 Å². The molecule has 0 aromatic heterocycles. The predicted octanol–water partition coefficient (Wildman–Crippen LogP) is 0.477. The van der Waals surface area contributed by atoms with Crippen molar-refractivity contribution in [2.24, 2.45) is 0 Å². The van der Waals surface area contributed by atoms with E-state index in [0.717, 1.165) is 0 Å². The van der Waals surface area contributed by atoms with Crippen molar-refractivity contribution in [1.29, 1.82) is 26.3 Å². The van der Waals surface area contributed by atoms with Crippen molar-refractivity contribution in [2.45, 2.75) is 0 Å². The van der Waals surface area contributed by atoms with Gasteiger partial charge in [0.1, 0.15) is 0 Å². The number of rotatable bonds is 0. The van der Waals surface area contributed by atoms with Gasteiger partial charge in [0.05, 0.1) is 0 Å². The number of hydrogen-bond donors (Lipinski definition) is 0. The molecule has 0 aromatic carbocycles.